The maximum absolute atomic E-state index is 11.5. The monoisotopic (exact) mass is 325 g/mol. The van der Waals surface area contributed by atoms with Crippen LogP contribution in [-0.2, 0) is 4.74 Å². The van der Waals surface area contributed by atoms with Crippen molar-refractivity contribution in [3.05, 3.63) is 66.2 Å². The lowest BCUT2D eigenvalue weighted by molar-refractivity contribution is 0.0534. The zero-order valence-corrected chi connectivity index (χ0v) is 14.3. The number of carbonyl (C=O) groups is 1. The average Bonchev–Trinajstić information content (AvgIpc) is 2.51. The van der Waals surface area contributed by atoms with Crippen molar-refractivity contribution in [3.63, 3.8) is 0 Å². The maximum atomic E-state index is 11.5. The number of rotatable bonds is 5. The number of carbonyl (C=O) groups excluding carboxylic acids is 1. The predicted molar refractivity (Wildman–Crippen MR) is 96.2 cm³/mol. The van der Waals surface area contributed by atoms with Gasteiger partial charge < -0.3 is 14.8 Å². The molecule has 1 N–H and O–H groups in total. The van der Waals surface area contributed by atoms with Crippen molar-refractivity contribution in [3.8, 4) is 11.5 Å². The smallest absolute Gasteiger partial charge is 0.407 e. The third-order valence-corrected chi connectivity index (χ3v) is 2.91. The van der Waals surface area contributed by atoms with Gasteiger partial charge >= 0.3 is 6.09 Å². The Labute approximate surface area is 143 Å². The van der Waals surface area contributed by atoms with Gasteiger partial charge in [0, 0.05) is 6.54 Å². The molecular weight excluding hydrogens is 302 g/mol. The van der Waals surface area contributed by atoms with Crippen LogP contribution in [0.25, 0.3) is 6.08 Å². The van der Waals surface area contributed by atoms with Gasteiger partial charge in [-0.25, -0.2) is 4.79 Å². The molecule has 2 aromatic rings. The number of benzene rings is 2. The van der Waals surface area contributed by atoms with Crippen molar-refractivity contribution >= 4 is 12.2 Å². The fraction of sp³-hybridized carbons (Fsp3) is 0.250. The lowest BCUT2D eigenvalue weighted by Gasteiger charge is -2.19. The number of alkyl carbamates (subject to hydrolysis) is 1. The highest BCUT2D eigenvalue weighted by atomic mass is 16.6. The first-order valence-electron chi connectivity index (χ1n) is 7.89. The minimum Gasteiger partial charge on any atom is -0.457 e. The van der Waals surface area contributed by atoms with Crippen LogP contribution in [0.5, 0.6) is 11.5 Å². The Kier molecular flexibility index (Phi) is 6.01. The van der Waals surface area contributed by atoms with Crippen LogP contribution in [0.3, 0.4) is 0 Å². The predicted octanol–water partition coefficient (Wildman–Crippen LogP) is 5.02. The number of ether oxygens (including phenoxy) is 2. The van der Waals surface area contributed by atoms with Crippen LogP contribution in [0.2, 0.25) is 0 Å². The van der Waals surface area contributed by atoms with Crippen LogP contribution >= 0.6 is 0 Å². The summed E-state index contributed by atoms with van der Waals surface area (Å²) in [6, 6.07) is 17.4. The molecule has 0 atom stereocenters. The minimum atomic E-state index is -0.489. The molecule has 4 heteroatoms. The Morgan fingerprint density at radius 2 is 1.75 bits per heavy atom. The minimum absolute atomic E-state index is 0.401. The highest BCUT2D eigenvalue weighted by Gasteiger charge is 2.14. The Hall–Kier alpha value is -2.75. The summed E-state index contributed by atoms with van der Waals surface area (Å²) < 4.78 is 11.0. The molecule has 2 aromatic carbocycles. The Morgan fingerprint density at radius 3 is 2.46 bits per heavy atom. The fourth-order valence-electron chi connectivity index (χ4n) is 1.96. The fourth-order valence-corrected chi connectivity index (χ4v) is 1.96. The molecule has 0 heterocycles. The quantitative estimate of drug-likeness (QED) is 0.840. The van der Waals surface area contributed by atoms with Gasteiger partial charge in [-0.05, 0) is 50.6 Å². The number of amides is 1. The Balaban J connectivity index is 1.86. The van der Waals surface area contributed by atoms with Crippen molar-refractivity contribution < 1.29 is 14.3 Å². The first-order valence-corrected chi connectivity index (χ1v) is 7.89. The van der Waals surface area contributed by atoms with E-state index in [4.69, 9.17) is 9.47 Å². The normalized spacial score (nSPS) is 11.3. The maximum Gasteiger partial charge on any atom is 0.407 e. The number of hydrogen-bond donors (Lipinski definition) is 1. The summed E-state index contributed by atoms with van der Waals surface area (Å²) in [4.78, 5) is 11.5. The van der Waals surface area contributed by atoms with Gasteiger partial charge in [0.25, 0.3) is 0 Å². The zero-order valence-electron chi connectivity index (χ0n) is 14.3. The van der Waals surface area contributed by atoms with Gasteiger partial charge in [-0.15, -0.1) is 0 Å². The zero-order chi connectivity index (χ0) is 17.4. The third kappa shape index (κ3) is 6.57. The second-order valence-corrected chi connectivity index (χ2v) is 6.27. The molecule has 1 amide bonds. The van der Waals surface area contributed by atoms with E-state index in [1.54, 1.807) is 0 Å². The molecule has 0 saturated carbocycles. The number of hydrogen-bond acceptors (Lipinski definition) is 3. The van der Waals surface area contributed by atoms with Crippen LogP contribution in [0, 0.1) is 0 Å². The van der Waals surface area contributed by atoms with Gasteiger partial charge in [0.05, 0.1) is 0 Å². The van der Waals surface area contributed by atoms with Crippen molar-refractivity contribution in [1.82, 2.24) is 5.32 Å². The molecular formula is C20H23NO3. The largest absolute Gasteiger partial charge is 0.457 e. The highest BCUT2D eigenvalue weighted by Crippen LogP contribution is 2.22. The summed E-state index contributed by atoms with van der Waals surface area (Å²) in [6.45, 7) is 5.90. The van der Waals surface area contributed by atoms with Crippen molar-refractivity contribution in [2.45, 2.75) is 26.4 Å². The summed E-state index contributed by atoms with van der Waals surface area (Å²) >= 11 is 0. The highest BCUT2D eigenvalue weighted by molar-refractivity contribution is 5.68. The van der Waals surface area contributed by atoms with Crippen molar-refractivity contribution in [1.29, 1.82) is 0 Å². The van der Waals surface area contributed by atoms with E-state index in [2.05, 4.69) is 5.32 Å². The summed E-state index contributed by atoms with van der Waals surface area (Å²) in [7, 11) is 0. The molecule has 0 aliphatic carbocycles. The first kappa shape index (κ1) is 17.6. The molecule has 0 aromatic heterocycles. The van der Waals surface area contributed by atoms with Crippen molar-refractivity contribution in [2.75, 3.05) is 6.54 Å². The van der Waals surface area contributed by atoms with Crippen LogP contribution < -0.4 is 10.1 Å². The molecule has 0 saturated heterocycles. The standard InChI is InChI=1S/C20H23NO3/c1-20(2,3)24-19(22)21-14-8-10-16-9-7-13-18(15-16)23-17-11-5-4-6-12-17/h4-13,15H,14H2,1-3H3,(H,21,22). The van der Waals surface area contributed by atoms with Gasteiger partial charge in [-0.1, -0.05) is 42.5 Å². The van der Waals surface area contributed by atoms with Crippen LogP contribution in [-0.4, -0.2) is 18.2 Å². The average molecular weight is 325 g/mol. The van der Waals surface area contributed by atoms with E-state index in [0.29, 0.717) is 6.54 Å². The molecule has 2 rings (SSSR count). The summed E-state index contributed by atoms with van der Waals surface area (Å²) in [6.07, 6.45) is 3.37. The third-order valence-electron chi connectivity index (χ3n) is 2.91. The molecule has 24 heavy (non-hydrogen) atoms. The van der Waals surface area contributed by atoms with Crippen LogP contribution in [0.1, 0.15) is 26.3 Å². The second kappa shape index (κ2) is 8.20. The van der Waals surface area contributed by atoms with Crippen LogP contribution in [0.15, 0.2) is 60.7 Å². The van der Waals surface area contributed by atoms with E-state index < -0.39 is 11.7 Å². The molecule has 0 radical (unpaired) electrons. The lowest BCUT2D eigenvalue weighted by Crippen LogP contribution is -2.32. The van der Waals surface area contributed by atoms with Gasteiger partial charge in [0.15, 0.2) is 0 Å². The van der Waals surface area contributed by atoms with Gasteiger partial charge in [-0.3, -0.25) is 0 Å². The Bertz CT molecular complexity index is 688. The van der Waals surface area contributed by atoms with E-state index >= 15 is 0 Å². The molecule has 126 valence electrons. The van der Waals surface area contributed by atoms with Crippen molar-refractivity contribution in [2.24, 2.45) is 0 Å². The molecule has 0 bridgehead atoms. The van der Waals surface area contributed by atoms with E-state index in [1.165, 1.54) is 0 Å². The summed E-state index contributed by atoms with van der Waals surface area (Å²) in [5.74, 6) is 1.56. The molecule has 0 unspecified atom stereocenters. The van der Waals surface area contributed by atoms with E-state index in [0.717, 1.165) is 17.1 Å². The number of nitrogens with one attached hydrogen (secondary N) is 1. The molecule has 4 nitrogen and oxygen atoms in total. The topological polar surface area (TPSA) is 47.6 Å². The van der Waals surface area contributed by atoms with E-state index in [1.807, 2.05) is 87.5 Å². The van der Waals surface area contributed by atoms with Gasteiger partial charge in [0.2, 0.25) is 0 Å². The van der Waals surface area contributed by atoms with Crippen LogP contribution in [0.4, 0.5) is 4.79 Å². The first-order chi connectivity index (χ1) is 11.4. The lowest BCUT2D eigenvalue weighted by atomic mass is 10.2. The van der Waals surface area contributed by atoms with E-state index in [-0.39, 0.29) is 0 Å². The summed E-state index contributed by atoms with van der Waals surface area (Å²) in [5.41, 5.74) is 0.506. The molecule has 0 aliphatic heterocycles. The second-order valence-electron chi connectivity index (χ2n) is 6.27. The van der Waals surface area contributed by atoms with Gasteiger partial charge in [-0.2, -0.15) is 0 Å². The molecule has 0 spiro atoms. The molecule has 0 fully saturated rings. The Morgan fingerprint density at radius 1 is 1.04 bits per heavy atom. The number of para-hydroxylation sites is 1. The van der Waals surface area contributed by atoms with Gasteiger partial charge in [0.1, 0.15) is 17.1 Å². The SMILES string of the molecule is CC(C)(C)OC(=O)NCC=Cc1cccc(Oc2ccccc2)c1. The van der Waals surface area contributed by atoms with E-state index in [9.17, 15) is 4.79 Å². The summed E-state index contributed by atoms with van der Waals surface area (Å²) in [5, 5.41) is 2.68. The molecule has 0 aliphatic rings.